The summed E-state index contributed by atoms with van der Waals surface area (Å²) in [6, 6.07) is 0. The molecule has 0 bridgehead atoms. The highest BCUT2D eigenvalue weighted by Crippen LogP contribution is 2.35. The summed E-state index contributed by atoms with van der Waals surface area (Å²) >= 11 is 1.53. The molecule has 1 aromatic rings. The molecule has 2 N–H and O–H groups in total. The summed E-state index contributed by atoms with van der Waals surface area (Å²) < 4.78 is 42.3. The molecule has 0 saturated carbocycles. The Morgan fingerprint density at radius 2 is 2.06 bits per heavy atom. The third kappa shape index (κ3) is 3.35. The second-order valence-electron chi connectivity index (χ2n) is 3.77. The molecule has 1 aromatic heterocycles. The quantitative estimate of drug-likeness (QED) is 0.832. The first kappa shape index (κ1) is 14.3. The number of hydrogen-bond donors (Lipinski definition) is 1. The van der Waals surface area contributed by atoms with E-state index in [1.165, 1.54) is 11.8 Å². The summed E-state index contributed by atoms with van der Waals surface area (Å²) in [6.07, 6.45) is -3.64. The number of rotatable bonds is 5. The lowest BCUT2D eigenvalue weighted by Crippen LogP contribution is -2.48. The maximum absolute atomic E-state index is 12.6. The average molecular weight is 269 g/mol. The van der Waals surface area contributed by atoms with Crippen LogP contribution in [0, 0.1) is 0 Å². The van der Waals surface area contributed by atoms with Crippen LogP contribution < -0.4 is 5.73 Å². The zero-order valence-corrected chi connectivity index (χ0v) is 10.4. The number of alkyl halides is 3. The van der Waals surface area contributed by atoms with Gasteiger partial charge in [0.1, 0.15) is 0 Å². The van der Waals surface area contributed by atoms with Gasteiger partial charge in [0.25, 0.3) is 5.89 Å². The molecule has 17 heavy (non-hydrogen) atoms. The molecule has 0 aliphatic heterocycles. The molecule has 4 nitrogen and oxygen atoms in total. The summed E-state index contributed by atoms with van der Waals surface area (Å²) in [5.41, 5.74) is 2.55. The van der Waals surface area contributed by atoms with E-state index in [4.69, 9.17) is 5.73 Å². The maximum Gasteiger partial charge on any atom is 0.415 e. The van der Waals surface area contributed by atoms with Crippen LogP contribution in [0.2, 0.25) is 0 Å². The van der Waals surface area contributed by atoms with Crippen molar-refractivity contribution in [1.82, 2.24) is 10.1 Å². The Morgan fingerprint density at radius 1 is 1.41 bits per heavy atom. The SMILES string of the molecule is CCCSCc1noc(C(C)(N)C(F)(F)F)n1. The minimum atomic E-state index is -4.62. The molecule has 0 amide bonds. The van der Waals surface area contributed by atoms with Crippen molar-refractivity contribution in [3.8, 4) is 0 Å². The van der Waals surface area contributed by atoms with E-state index in [1.807, 2.05) is 6.92 Å². The lowest BCUT2D eigenvalue weighted by atomic mass is 10.0. The van der Waals surface area contributed by atoms with Crippen LogP contribution in [0.4, 0.5) is 13.2 Å². The molecule has 1 unspecified atom stereocenters. The fourth-order valence-electron chi connectivity index (χ4n) is 0.953. The second kappa shape index (κ2) is 5.26. The lowest BCUT2D eigenvalue weighted by Gasteiger charge is -2.22. The fourth-order valence-corrected chi connectivity index (χ4v) is 1.69. The van der Waals surface area contributed by atoms with Crippen molar-refractivity contribution >= 4 is 11.8 Å². The Morgan fingerprint density at radius 3 is 2.59 bits per heavy atom. The van der Waals surface area contributed by atoms with Gasteiger partial charge in [-0.25, -0.2) is 0 Å². The molecule has 8 heteroatoms. The van der Waals surface area contributed by atoms with E-state index in [-0.39, 0.29) is 5.82 Å². The molecule has 0 aliphatic rings. The zero-order chi connectivity index (χ0) is 13.1. The molecule has 0 spiro atoms. The molecular formula is C9H14F3N3OS. The maximum atomic E-state index is 12.6. The minimum absolute atomic E-state index is 0.236. The number of aromatic nitrogens is 2. The van der Waals surface area contributed by atoms with Crippen LogP contribution in [-0.4, -0.2) is 22.1 Å². The van der Waals surface area contributed by atoms with Crippen LogP contribution in [0.5, 0.6) is 0 Å². The van der Waals surface area contributed by atoms with E-state index in [2.05, 4.69) is 14.7 Å². The summed E-state index contributed by atoms with van der Waals surface area (Å²) in [6.45, 7) is 2.82. The summed E-state index contributed by atoms with van der Waals surface area (Å²) in [5, 5.41) is 3.48. The van der Waals surface area contributed by atoms with Crippen molar-refractivity contribution < 1.29 is 17.7 Å². The largest absolute Gasteiger partial charge is 0.415 e. The van der Waals surface area contributed by atoms with Gasteiger partial charge in [-0.3, -0.25) is 0 Å². The summed E-state index contributed by atoms with van der Waals surface area (Å²) in [4.78, 5) is 3.68. The monoisotopic (exact) mass is 269 g/mol. The highest BCUT2D eigenvalue weighted by Gasteiger charge is 2.53. The van der Waals surface area contributed by atoms with Crippen LogP contribution in [0.3, 0.4) is 0 Å². The molecular weight excluding hydrogens is 255 g/mol. The topological polar surface area (TPSA) is 64.9 Å². The second-order valence-corrected chi connectivity index (χ2v) is 4.87. The molecule has 98 valence electrons. The van der Waals surface area contributed by atoms with Crippen molar-refractivity contribution in [3.05, 3.63) is 11.7 Å². The van der Waals surface area contributed by atoms with Gasteiger partial charge < -0.3 is 10.3 Å². The first-order valence-corrected chi connectivity index (χ1v) is 6.21. The minimum Gasteiger partial charge on any atom is -0.337 e. The van der Waals surface area contributed by atoms with Gasteiger partial charge in [0.05, 0.1) is 5.75 Å². The van der Waals surface area contributed by atoms with Gasteiger partial charge in [-0.15, -0.1) is 0 Å². The van der Waals surface area contributed by atoms with Gasteiger partial charge >= 0.3 is 6.18 Å². The average Bonchev–Trinajstić information content (AvgIpc) is 2.65. The number of hydrogen-bond acceptors (Lipinski definition) is 5. The third-order valence-electron chi connectivity index (χ3n) is 2.08. The Kier molecular flexibility index (Phi) is 4.42. The van der Waals surface area contributed by atoms with E-state index in [9.17, 15) is 13.2 Å². The van der Waals surface area contributed by atoms with Crippen LogP contribution in [0.15, 0.2) is 4.52 Å². The van der Waals surface area contributed by atoms with Gasteiger partial charge in [-0.05, 0) is 19.1 Å². The first-order valence-electron chi connectivity index (χ1n) is 5.05. The Labute approximate surface area is 101 Å². The van der Waals surface area contributed by atoms with Crippen molar-refractivity contribution in [3.63, 3.8) is 0 Å². The lowest BCUT2D eigenvalue weighted by molar-refractivity contribution is -0.190. The number of halogens is 3. The van der Waals surface area contributed by atoms with E-state index in [0.29, 0.717) is 5.75 Å². The van der Waals surface area contributed by atoms with E-state index < -0.39 is 17.6 Å². The third-order valence-corrected chi connectivity index (χ3v) is 3.24. The number of nitrogens with zero attached hydrogens (tertiary/aromatic N) is 2. The number of thioether (sulfide) groups is 1. The smallest absolute Gasteiger partial charge is 0.337 e. The van der Waals surface area contributed by atoms with E-state index >= 15 is 0 Å². The molecule has 0 radical (unpaired) electrons. The normalized spacial score (nSPS) is 15.9. The molecule has 1 atom stereocenters. The van der Waals surface area contributed by atoms with Crippen LogP contribution in [-0.2, 0) is 11.3 Å². The van der Waals surface area contributed by atoms with Crippen molar-refractivity contribution in [2.75, 3.05) is 5.75 Å². The van der Waals surface area contributed by atoms with Gasteiger partial charge in [-0.2, -0.15) is 29.9 Å². The van der Waals surface area contributed by atoms with Crippen molar-refractivity contribution in [2.24, 2.45) is 5.73 Å². The zero-order valence-electron chi connectivity index (χ0n) is 9.54. The molecule has 1 rings (SSSR count). The van der Waals surface area contributed by atoms with Gasteiger partial charge in [0.2, 0.25) is 0 Å². The highest BCUT2D eigenvalue weighted by molar-refractivity contribution is 7.98. The molecule has 0 saturated heterocycles. The van der Waals surface area contributed by atoms with E-state index in [0.717, 1.165) is 19.1 Å². The first-order chi connectivity index (χ1) is 7.79. The number of nitrogens with two attached hydrogens (primary N) is 1. The standard InChI is InChI=1S/C9H14F3N3OS/c1-3-4-17-5-6-14-7(16-15-6)8(2,13)9(10,11)12/h3-5,13H2,1-2H3. The molecule has 0 fully saturated rings. The molecule has 1 heterocycles. The Hall–Kier alpha value is -0.760. The highest BCUT2D eigenvalue weighted by atomic mass is 32.2. The van der Waals surface area contributed by atoms with Crippen LogP contribution >= 0.6 is 11.8 Å². The van der Waals surface area contributed by atoms with E-state index in [1.54, 1.807) is 0 Å². The summed E-state index contributed by atoms with van der Waals surface area (Å²) in [5.74, 6) is 0.949. The summed E-state index contributed by atoms with van der Waals surface area (Å²) in [7, 11) is 0. The Balaban J connectivity index is 2.74. The van der Waals surface area contributed by atoms with Gasteiger partial charge in [0, 0.05) is 0 Å². The fraction of sp³-hybridized carbons (Fsp3) is 0.778. The van der Waals surface area contributed by atoms with Gasteiger partial charge in [-0.1, -0.05) is 12.1 Å². The van der Waals surface area contributed by atoms with Crippen LogP contribution in [0.1, 0.15) is 32.0 Å². The van der Waals surface area contributed by atoms with Gasteiger partial charge in [0.15, 0.2) is 11.4 Å². The predicted molar refractivity (Wildman–Crippen MR) is 58.3 cm³/mol. The predicted octanol–water partition coefficient (Wildman–Crippen LogP) is 2.45. The van der Waals surface area contributed by atoms with Crippen molar-refractivity contribution in [2.45, 2.75) is 37.7 Å². The Bertz CT molecular complexity index is 365. The molecule has 0 aliphatic carbocycles. The van der Waals surface area contributed by atoms with Crippen LogP contribution in [0.25, 0.3) is 0 Å². The van der Waals surface area contributed by atoms with Crippen molar-refractivity contribution in [1.29, 1.82) is 0 Å². The molecule has 0 aromatic carbocycles.